The summed E-state index contributed by atoms with van der Waals surface area (Å²) < 4.78 is 0. The normalized spacial score (nSPS) is 9.60. The Morgan fingerprint density at radius 2 is 2.50 bits per heavy atom. The van der Waals surface area contributed by atoms with Crippen LogP contribution in [0.5, 0.6) is 0 Å². The van der Waals surface area contributed by atoms with Crippen LogP contribution in [-0.4, -0.2) is 5.91 Å². The lowest BCUT2D eigenvalue weighted by Gasteiger charge is -1.90. The minimum Gasteiger partial charge on any atom is -0.370 e. The first-order valence-electron chi connectivity index (χ1n) is 3.10. The minimum absolute atomic E-state index is 0.228. The van der Waals surface area contributed by atoms with Gasteiger partial charge in [0.25, 0.3) is 0 Å². The molecule has 54 valence electrons. The second kappa shape index (κ2) is 3.37. The minimum atomic E-state index is -0.228. The van der Waals surface area contributed by atoms with Crippen LogP contribution in [-0.2, 0) is 11.2 Å². The fourth-order valence-corrected chi connectivity index (χ4v) is 1.41. The molecule has 1 heterocycles. The molecule has 0 aromatic carbocycles. The van der Waals surface area contributed by atoms with Crippen molar-refractivity contribution in [3.63, 3.8) is 0 Å². The first kappa shape index (κ1) is 7.28. The topological polar surface area (TPSA) is 43.1 Å². The fraction of sp³-hybridized carbons (Fsp3) is 0.286. The number of primary amides is 1. The second-order valence-corrected chi connectivity index (χ2v) is 3.08. The van der Waals surface area contributed by atoms with Crippen LogP contribution in [0.15, 0.2) is 17.5 Å². The third-order valence-corrected chi connectivity index (χ3v) is 2.13. The van der Waals surface area contributed by atoms with Crippen LogP contribution in [0.25, 0.3) is 0 Å². The predicted molar refractivity (Wildman–Crippen MR) is 41.8 cm³/mol. The van der Waals surface area contributed by atoms with Gasteiger partial charge in [-0.2, -0.15) is 0 Å². The van der Waals surface area contributed by atoms with Crippen molar-refractivity contribution in [2.24, 2.45) is 5.73 Å². The maximum atomic E-state index is 10.3. The number of hydrogen-bond acceptors (Lipinski definition) is 2. The quantitative estimate of drug-likeness (QED) is 0.699. The summed E-state index contributed by atoms with van der Waals surface area (Å²) in [6, 6.07) is 3.98. The highest BCUT2D eigenvalue weighted by Gasteiger charge is 1.96. The van der Waals surface area contributed by atoms with E-state index < -0.39 is 0 Å². The van der Waals surface area contributed by atoms with Crippen LogP contribution in [0, 0.1) is 0 Å². The maximum Gasteiger partial charge on any atom is 0.217 e. The van der Waals surface area contributed by atoms with Crippen molar-refractivity contribution in [3.8, 4) is 0 Å². The number of aryl methyl sites for hydroxylation is 1. The third-order valence-electron chi connectivity index (χ3n) is 1.20. The number of rotatable bonds is 3. The van der Waals surface area contributed by atoms with E-state index in [2.05, 4.69) is 0 Å². The van der Waals surface area contributed by atoms with E-state index in [4.69, 9.17) is 5.73 Å². The Balaban J connectivity index is 2.35. The standard InChI is InChI=1S/C7H9NOS/c8-7(9)4-3-6-2-1-5-10-6/h1-2,5H,3-4H2,(H2,8,9). The molecule has 0 bridgehead atoms. The highest BCUT2D eigenvalue weighted by Crippen LogP contribution is 2.09. The van der Waals surface area contributed by atoms with Gasteiger partial charge in [0.2, 0.25) is 5.91 Å². The molecule has 2 N–H and O–H groups in total. The number of carbonyl (C=O) groups is 1. The van der Waals surface area contributed by atoms with Crippen molar-refractivity contribution in [2.45, 2.75) is 12.8 Å². The van der Waals surface area contributed by atoms with Gasteiger partial charge in [-0.1, -0.05) is 6.07 Å². The van der Waals surface area contributed by atoms with Gasteiger partial charge >= 0.3 is 0 Å². The lowest BCUT2D eigenvalue weighted by atomic mass is 10.2. The summed E-state index contributed by atoms with van der Waals surface area (Å²) in [4.78, 5) is 11.5. The molecule has 0 spiro atoms. The summed E-state index contributed by atoms with van der Waals surface area (Å²) in [5.41, 5.74) is 4.97. The third kappa shape index (κ3) is 2.19. The molecule has 0 saturated heterocycles. The van der Waals surface area contributed by atoms with Gasteiger partial charge in [0, 0.05) is 11.3 Å². The van der Waals surface area contributed by atoms with E-state index in [-0.39, 0.29) is 5.91 Å². The number of hydrogen-bond donors (Lipinski definition) is 1. The Kier molecular flexibility index (Phi) is 2.45. The Hall–Kier alpha value is -0.830. The molecule has 0 unspecified atom stereocenters. The lowest BCUT2D eigenvalue weighted by Crippen LogP contribution is -2.10. The van der Waals surface area contributed by atoms with Crippen molar-refractivity contribution in [3.05, 3.63) is 22.4 Å². The van der Waals surface area contributed by atoms with Crippen molar-refractivity contribution < 1.29 is 4.79 Å². The van der Waals surface area contributed by atoms with E-state index in [0.29, 0.717) is 6.42 Å². The predicted octanol–water partition coefficient (Wildman–Crippen LogP) is 1.17. The summed E-state index contributed by atoms with van der Waals surface area (Å²) in [5, 5.41) is 2.00. The molecule has 0 aliphatic carbocycles. The van der Waals surface area contributed by atoms with Crippen molar-refractivity contribution in [2.75, 3.05) is 0 Å². The molecule has 0 atom stereocenters. The van der Waals surface area contributed by atoms with Crippen LogP contribution in [0.2, 0.25) is 0 Å². The molecule has 0 saturated carbocycles. The van der Waals surface area contributed by atoms with Gasteiger partial charge in [-0.25, -0.2) is 0 Å². The zero-order valence-corrected chi connectivity index (χ0v) is 6.36. The molecule has 0 aliphatic heterocycles. The van der Waals surface area contributed by atoms with E-state index in [9.17, 15) is 4.79 Å². The molecular weight excluding hydrogens is 146 g/mol. The first-order chi connectivity index (χ1) is 4.79. The molecule has 2 nitrogen and oxygen atoms in total. The van der Waals surface area contributed by atoms with Crippen molar-refractivity contribution in [1.82, 2.24) is 0 Å². The molecule has 0 aliphatic rings. The van der Waals surface area contributed by atoms with Crippen molar-refractivity contribution >= 4 is 17.2 Å². The van der Waals surface area contributed by atoms with E-state index >= 15 is 0 Å². The summed E-state index contributed by atoms with van der Waals surface area (Å²) in [6.07, 6.45) is 1.24. The summed E-state index contributed by atoms with van der Waals surface area (Å²) in [5.74, 6) is -0.228. The number of amides is 1. The van der Waals surface area contributed by atoms with Crippen LogP contribution >= 0.6 is 11.3 Å². The molecule has 10 heavy (non-hydrogen) atoms. The molecule has 3 heteroatoms. The highest BCUT2D eigenvalue weighted by atomic mass is 32.1. The Morgan fingerprint density at radius 1 is 1.70 bits per heavy atom. The number of nitrogens with two attached hydrogens (primary N) is 1. The average molecular weight is 155 g/mol. The molecular formula is C7H9NOS. The lowest BCUT2D eigenvalue weighted by molar-refractivity contribution is -0.117. The van der Waals surface area contributed by atoms with Gasteiger partial charge in [-0.05, 0) is 17.9 Å². The molecule has 1 aromatic heterocycles. The summed E-state index contributed by atoms with van der Waals surface area (Å²) >= 11 is 1.66. The Labute approximate surface area is 63.7 Å². The average Bonchev–Trinajstić information content (AvgIpc) is 2.34. The fourth-order valence-electron chi connectivity index (χ4n) is 0.701. The maximum absolute atomic E-state index is 10.3. The van der Waals surface area contributed by atoms with E-state index in [0.717, 1.165) is 6.42 Å². The van der Waals surface area contributed by atoms with Gasteiger partial charge < -0.3 is 5.73 Å². The largest absolute Gasteiger partial charge is 0.370 e. The highest BCUT2D eigenvalue weighted by molar-refractivity contribution is 7.09. The summed E-state index contributed by atoms with van der Waals surface area (Å²) in [6.45, 7) is 0. The number of thiophene rings is 1. The van der Waals surface area contributed by atoms with E-state index in [1.165, 1.54) is 4.88 Å². The van der Waals surface area contributed by atoms with Crippen LogP contribution < -0.4 is 5.73 Å². The molecule has 1 amide bonds. The molecule has 0 radical (unpaired) electrons. The van der Waals surface area contributed by atoms with E-state index in [1.807, 2.05) is 17.5 Å². The molecule has 1 rings (SSSR count). The van der Waals surface area contributed by atoms with Gasteiger partial charge in [0.15, 0.2) is 0 Å². The number of carbonyl (C=O) groups excluding carboxylic acids is 1. The molecule has 0 fully saturated rings. The van der Waals surface area contributed by atoms with Gasteiger partial charge in [-0.15, -0.1) is 11.3 Å². The van der Waals surface area contributed by atoms with Crippen LogP contribution in [0.1, 0.15) is 11.3 Å². The van der Waals surface area contributed by atoms with Crippen LogP contribution in [0.3, 0.4) is 0 Å². The zero-order valence-electron chi connectivity index (χ0n) is 5.54. The second-order valence-electron chi connectivity index (χ2n) is 2.05. The summed E-state index contributed by atoms with van der Waals surface area (Å²) in [7, 11) is 0. The van der Waals surface area contributed by atoms with Gasteiger partial charge in [0.1, 0.15) is 0 Å². The monoisotopic (exact) mass is 155 g/mol. The van der Waals surface area contributed by atoms with Gasteiger partial charge in [-0.3, -0.25) is 4.79 Å². The smallest absolute Gasteiger partial charge is 0.217 e. The van der Waals surface area contributed by atoms with Crippen molar-refractivity contribution in [1.29, 1.82) is 0 Å². The zero-order chi connectivity index (χ0) is 7.40. The Bertz CT molecular complexity index is 205. The van der Waals surface area contributed by atoms with E-state index in [1.54, 1.807) is 11.3 Å². The van der Waals surface area contributed by atoms with Gasteiger partial charge in [0.05, 0.1) is 0 Å². The first-order valence-corrected chi connectivity index (χ1v) is 3.97. The SMILES string of the molecule is NC(=O)CCc1cccs1. The Morgan fingerprint density at radius 3 is 3.00 bits per heavy atom. The molecule has 1 aromatic rings. The van der Waals surface area contributed by atoms with Crippen LogP contribution in [0.4, 0.5) is 0 Å².